The largest absolute Gasteiger partial charge is 0.391 e. The van der Waals surface area contributed by atoms with E-state index in [0.717, 1.165) is 0 Å². The third-order valence-corrected chi connectivity index (χ3v) is 6.90. The summed E-state index contributed by atoms with van der Waals surface area (Å²) in [7, 11) is -3.08. The van der Waals surface area contributed by atoms with Crippen molar-refractivity contribution in [3.05, 3.63) is 0 Å². The number of sulfone groups is 1. The van der Waals surface area contributed by atoms with E-state index < -0.39 is 33.4 Å². The smallest absolute Gasteiger partial charge is 0.312 e. The molecule has 1 unspecified atom stereocenters. The van der Waals surface area contributed by atoms with Crippen LogP contribution in [0, 0.1) is 0 Å². The number of carbonyl (C=O) groups is 2. The van der Waals surface area contributed by atoms with Gasteiger partial charge in [0.2, 0.25) is 0 Å². The van der Waals surface area contributed by atoms with Gasteiger partial charge in [-0.3, -0.25) is 9.59 Å². The maximum atomic E-state index is 12.5. The molecule has 3 heterocycles. The molecule has 9 heteroatoms. The Balaban J connectivity index is 1.61. The summed E-state index contributed by atoms with van der Waals surface area (Å²) in [5.41, 5.74) is -0.710. The molecule has 0 aromatic carbocycles. The second-order valence-electron chi connectivity index (χ2n) is 6.96. The number of β-amino-alcohol motifs (C(OH)–C–C–N with tert-alkyl or cyclic N) is 1. The predicted molar refractivity (Wildman–Crippen MR) is 85.0 cm³/mol. The number of aliphatic hydroxyl groups excluding tert-OH is 1. The van der Waals surface area contributed by atoms with E-state index in [1.54, 1.807) is 0 Å². The number of nitrogens with zero attached hydrogens (tertiary/aromatic N) is 2. The van der Waals surface area contributed by atoms with Gasteiger partial charge >= 0.3 is 11.8 Å². The van der Waals surface area contributed by atoms with Gasteiger partial charge in [0.15, 0.2) is 9.84 Å². The van der Waals surface area contributed by atoms with Crippen LogP contribution in [0.3, 0.4) is 0 Å². The summed E-state index contributed by atoms with van der Waals surface area (Å²) in [5.74, 6) is -1.07. The van der Waals surface area contributed by atoms with Crippen LogP contribution in [-0.4, -0.2) is 91.1 Å². The Morgan fingerprint density at radius 3 is 2.50 bits per heavy atom. The summed E-state index contributed by atoms with van der Waals surface area (Å²) in [5, 5.41) is 9.66. The first-order valence-corrected chi connectivity index (χ1v) is 10.2. The van der Waals surface area contributed by atoms with E-state index in [1.165, 1.54) is 9.80 Å². The minimum Gasteiger partial charge on any atom is -0.391 e. The molecule has 3 fully saturated rings. The molecule has 3 aliphatic rings. The fourth-order valence-corrected chi connectivity index (χ4v) is 5.71. The van der Waals surface area contributed by atoms with Gasteiger partial charge in [-0.05, 0) is 25.7 Å². The first-order valence-electron chi connectivity index (χ1n) is 8.41. The number of likely N-dealkylation sites (tertiary alicyclic amines) is 1. The topological polar surface area (TPSA) is 104 Å². The van der Waals surface area contributed by atoms with Gasteiger partial charge in [-0.25, -0.2) is 8.42 Å². The van der Waals surface area contributed by atoms with Crippen molar-refractivity contribution in [2.24, 2.45) is 0 Å². The number of amides is 2. The Hall–Kier alpha value is -1.19. The van der Waals surface area contributed by atoms with Crippen molar-refractivity contribution >= 4 is 21.7 Å². The molecule has 136 valence electrons. The summed E-state index contributed by atoms with van der Waals surface area (Å²) in [6.07, 6.45) is 1.63. The Kier molecular flexibility index (Phi) is 4.85. The SMILES string of the molecule is O=C(C(=O)N1CCC[C@H](O)C1)N1CCOC2(CC1)CCS(=O)(=O)C2. The zero-order valence-electron chi connectivity index (χ0n) is 13.6. The predicted octanol–water partition coefficient (Wildman–Crippen LogP) is -1.22. The van der Waals surface area contributed by atoms with Gasteiger partial charge < -0.3 is 19.6 Å². The number of hydrogen-bond donors (Lipinski definition) is 1. The van der Waals surface area contributed by atoms with Gasteiger partial charge in [-0.1, -0.05) is 0 Å². The van der Waals surface area contributed by atoms with Crippen LogP contribution >= 0.6 is 0 Å². The highest BCUT2D eigenvalue weighted by molar-refractivity contribution is 7.91. The molecule has 0 radical (unpaired) electrons. The highest BCUT2D eigenvalue weighted by atomic mass is 32.2. The zero-order chi connectivity index (χ0) is 17.4. The second kappa shape index (κ2) is 6.61. The number of rotatable bonds is 0. The van der Waals surface area contributed by atoms with Crippen molar-refractivity contribution in [2.75, 3.05) is 44.3 Å². The molecule has 24 heavy (non-hydrogen) atoms. The van der Waals surface area contributed by atoms with E-state index in [9.17, 15) is 23.1 Å². The van der Waals surface area contributed by atoms with Crippen LogP contribution in [0.5, 0.6) is 0 Å². The fourth-order valence-electron chi connectivity index (χ4n) is 3.71. The van der Waals surface area contributed by atoms with E-state index >= 15 is 0 Å². The fraction of sp³-hybridized carbons (Fsp3) is 0.867. The molecule has 0 aromatic rings. The molecule has 0 bridgehead atoms. The lowest BCUT2D eigenvalue weighted by Gasteiger charge is -2.31. The number of ether oxygens (including phenoxy) is 1. The standard InChI is InChI=1S/C15H24N2O6S/c18-12-2-1-5-17(10-12)14(20)13(19)16-6-3-15(23-8-7-16)4-9-24(21,22)11-15/h12,18H,1-11H2/t12-,15?/m0/s1. The van der Waals surface area contributed by atoms with E-state index in [-0.39, 0.29) is 31.2 Å². The molecule has 1 spiro atoms. The van der Waals surface area contributed by atoms with E-state index in [0.29, 0.717) is 38.8 Å². The molecule has 0 aromatic heterocycles. The third-order valence-electron chi connectivity index (χ3n) is 5.11. The van der Waals surface area contributed by atoms with Crippen molar-refractivity contribution in [1.82, 2.24) is 9.80 Å². The Morgan fingerprint density at radius 2 is 1.83 bits per heavy atom. The maximum Gasteiger partial charge on any atom is 0.312 e. The molecular weight excluding hydrogens is 336 g/mol. The highest BCUT2D eigenvalue weighted by Gasteiger charge is 2.45. The lowest BCUT2D eigenvalue weighted by molar-refractivity contribution is -0.153. The van der Waals surface area contributed by atoms with Crippen LogP contribution in [0.15, 0.2) is 0 Å². The summed E-state index contributed by atoms with van der Waals surface area (Å²) >= 11 is 0. The Labute approximate surface area is 141 Å². The van der Waals surface area contributed by atoms with E-state index in [4.69, 9.17) is 4.74 Å². The molecule has 8 nitrogen and oxygen atoms in total. The monoisotopic (exact) mass is 360 g/mol. The zero-order valence-corrected chi connectivity index (χ0v) is 14.5. The molecule has 3 saturated heterocycles. The number of aliphatic hydroxyl groups is 1. The summed E-state index contributed by atoms with van der Waals surface area (Å²) in [6, 6.07) is 0. The molecule has 0 saturated carbocycles. The van der Waals surface area contributed by atoms with Crippen LogP contribution in [0.1, 0.15) is 25.7 Å². The maximum absolute atomic E-state index is 12.5. The van der Waals surface area contributed by atoms with Crippen molar-refractivity contribution in [2.45, 2.75) is 37.4 Å². The number of piperidine rings is 1. The van der Waals surface area contributed by atoms with Gasteiger partial charge in [0.25, 0.3) is 0 Å². The minimum atomic E-state index is -3.08. The molecule has 0 aliphatic carbocycles. The van der Waals surface area contributed by atoms with Gasteiger partial charge in [0, 0.05) is 26.2 Å². The molecule has 3 rings (SSSR count). The summed E-state index contributed by atoms with van der Waals surface area (Å²) < 4.78 is 29.2. The lowest BCUT2D eigenvalue weighted by Crippen LogP contribution is -2.50. The van der Waals surface area contributed by atoms with E-state index in [1.807, 2.05) is 0 Å². The lowest BCUT2D eigenvalue weighted by atomic mass is 9.99. The molecule has 3 aliphatic heterocycles. The molecular formula is C15H24N2O6S. The van der Waals surface area contributed by atoms with Crippen LogP contribution in [-0.2, 0) is 24.2 Å². The van der Waals surface area contributed by atoms with Crippen molar-refractivity contribution in [3.8, 4) is 0 Å². The van der Waals surface area contributed by atoms with Gasteiger partial charge in [-0.2, -0.15) is 0 Å². The number of carbonyl (C=O) groups excluding carboxylic acids is 2. The summed E-state index contributed by atoms with van der Waals surface area (Å²) in [6.45, 7) is 1.50. The Bertz CT molecular complexity index is 621. The van der Waals surface area contributed by atoms with Crippen molar-refractivity contribution < 1.29 is 27.9 Å². The molecule has 2 amide bonds. The van der Waals surface area contributed by atoms with Crippen LogP contribution in [0.4, 0.5) is 0 Å². The molecule has 1 N–H and O–H groups in total. The average Bonchev–Trinajstić information content (AvgIpc) is 2.71. The van der Waals surface area contributed by atoms with Crippen LogP contribution < -0.4 is 0 Å². The van der Waals surface area contributed by atoms with Crippen molar-refractivity contribution in [3.63, 3.8) is 0 Å². The molecule has 2 atom stereocenters. The van der Waals surface area contributed by atoms with Gasteiger partial charge in [0.05, 0.1) is 29.8 Å². The van der Waals surface area contributed by atoms with E-state index in [2.05, 4.69) is 0 Å². The van der Waals surface area contributed by atoms with Crippen LogP contribution in [0.2, 0.25) is 0 Å². The number of hydrogen-bond acceptors (Lipinski definition) is 6. The first-order chi connectivity index (χ1) is 11.3. The van der Waals surface area contributed by atoms with Crippen LogP contribution in [0.25, 0.3) is 0 Å². The second-order valence-corrected chi connectivity index (χ2v) is 9.15. The Morgan fingerprint density at radius 1 is 1.08 bits per heavy atom. The van der Waals surface area contributed by atoms with Gasteiger partial charge in [0.1, 0.15) is 0 Å². The highest BCUT2D eigenvalue weighted by Crippen LogP contribution is 2.32. The first kappa shape index (κ1) is 17.6. The average molecular weight is 360 g/mol. The van der Waals surface area contributed by atoms with Gasteiger partial charge in [-0.15, -0.1) is 0 Å². The summed E-state index contributed by atoms with van der Waals surface area (Å²) in [4.78, 5) is 27.7. The third kappa shape index (κ3) is 3.73. The minimum absolute atomic E-state index is 0.00566. The quantitative estimate of drug-likeness (QED) is 0.543. The van der Waals surface area contributed by atoms with Crippen molar-refractivity contribution in [1.29, 1.82) is 0 Å². The normalized spacial score (nSPS) is 33.5.